The van der Waals surface area contributed by atoms with E-state index in [1.54, 1.807) is 11.8 Å². The molecule has 7 heteroatoms. The molecule has 2 aromatic rings. The van der Waals surface area contributed by atoms with Gasteiger partial charge in [0.25, 0.3) is 0 Å². The molecule has 0 saturated carbocycles. The molecule has 0 saturated heterocycles. The number of aromatic nitrogens is 2. The molecule has 0 spiro atoms. The maximum Gasteiger partial charge on any atom is 0.224 e. The molecule has 0 aliphatic rings. The molecule has 0 aliphatic carbocycles. The molecule has 6 nitrogen and oxygen atoms in total. The number of nitrogens with one attached hydrogen (secondary N) is 2. The smallest absolute Gasteiger partial charge is 0.224 e. The number of methoxy groups -OCH3 is 1. The number of ether oxygens (including phenoxy) is 1. The minimum Gasteiger partial charge on any atom is -0.497 e. The zero-order chi connectivity index (χ0) is 15.9. The third kappa shape index (κ3) is 5.26. The molecule has 0 bridgehead atoms. The first kappa shape index (κ1) is 19.0. The Labute approximate surface area is 142 Å². The van der Waals surface area contributed by atoms with Crippen LogP contribution >= 0.6 is 12.4 Å². The molecular weight excluding hydrogens is 316 g/mol. The van der Waals surface area contributed by atoms with Crippen molar-refractivity contribution in [3.05, 3.63) is 42.2 Å². The molecule has 0 fully saturated rings. The summed E-state index contributed by atoms with van der Waals surface area (Å²) in [5.41, 5.74) is 1.77. The molecule has 1 amide bonds. The van der Waals surface area contributed by atoms with E-state index in [0.29, 0.717) is 13.1 Å². The van der Waals surface area contributed by atoms with Gasteiger partial charge >= 0.3 is 0 Å². The summed E-state index contributed by atoms with van der Waals surface area (Å²) in [5.74, 6) is 0.768. The van der Waals surface area contributed by atoms with Crippen molar-refractivity contribution in [1.82, 2.24) is 20.4 Å². The third-order valence-corrected chi connectivity index (χ3v) is 3.38. The van der Waals surface area contributed by atoms with E-state index in [9.17, 15) is 4.79 Å². The monoisotopic (exact) mass is 338 g/mol. The molecule has 1 atom stereocenters. The number of hydrogen-bond acceptors (Lipinski definition) is 4. The number of benzene rings is 1. The summed E-state index contributed by atoms with van der Waals surface area (Å²) in [6.45, 7) is 2.98. The van der Waals surface area contributed by atoms with Crippen molar-refractivity contribution >= 4 is 18.3 Å². The van der Waals surface area contributed by atoms with E-state index in [1.807, 2.05) is 50.5 Å². The zero-order valence-electron chi connectivity index (χ0n) is 13.6. The predicted octanol–water partition coefficient (Wildman–Crippen LogP) is 1.77. The van der Waals surface area contributed by atoms with E-state index in [1.165, 1.54) is 0 Å². The fourth-order valence-corrected chi connectivity index (χ4v) is 2.09. The molecule has 126 valence electrons. The number of rotatable bonds is 7. The highest BCUT2D eigenvalue weighted by Gasteiger charge is 2.11. The summed E-state index contributed by atoms with van der Waals surface area (Å²) in [5, 5.41) is 10.3. The molecule has 1 heterocycles. The van der Waals surface area contributed by atoms with Gasteiger partial charge in [-0.25, -0.2) is 4.68 Å². The third-order valence-electron chi connectivity index (χ3n) is 3.38. The highest BCUT2D eigenvalue weighted by molar-refractivity contribution is 5.85. The Kier molecular flexibility index (Phi) is 7.57. The highest BCUT2D eigenvalue weighted by atomic mass is 35.5. The lowest BCUT2D eigenvalue weighted by atomic mass is 10.1. The molecule has 0 radical (unpaired) electrons. The van der Waals surface area contributed by atoms with E-state index in [2.05, 4.69) is 15.7 Å². The molecule has 1 aromatic carbocycles. The normalized spacial score (nSPS) is 11.4. The molecule has 2 rings (SSSR count). The van der Waals surface area contributed by atoms with E-state index >= 15 is 0 Å². The van der Waals surface area contributed by atoms with Crippen molar-refractivity contribution in [2.45, 2.75) is 13.5 Å². The van der Waals surface area contributed by atoms with Crippen LogP contribution in [0.5, 0.6) is 5.75 Å². The van der Waals surface area contributed by atoms with Gasteiger partial charge in [-0.2, -0.15) is 5.10 Å². The fraction of sp³-hybridized carbons (Fsp3) is 0.375. The van der Waals surface area contributed by atoms with Gasteiger partial charge in [0.15, 0.2) is 0 Å². The number of halogens is 1. The lowest BCUT2D eigenvalue weighted by Crippen LogP contribution is -2.34. The van der Waals surface area contributed by atoms with E-state index in [0.717, 1.165) is 17.1 Å². The average Bonchev–Trinajstić information content (AvgIpc) is 3.02. The van der Waals surface area contributed by atoms with Crippen LogP contribution in [0.3, 0.4) is 0 Å². The second-order valence-electron chi connectivity index (χ2n) is 5.13. The topological polar surface area (TPSA) is 68.2 Å². The van der Waals surface area contributed by atoms with Crippen LogP contribution in [-0.2, 0) is 11.3 Å². The van der Waals surface area contributed by atoms with Crippen molar-refractivity contribution in [2.75, 3.05) is 20.7 Å². The molecular formula is C16H23ClN4O2. The van der Waals surface area contributed by atoms with Gasteiger partial charge in [-0.3, -0.25) is 4.79 Å². The van der Waals surface area contributed by atoms with Crippen LogP contribution in [0.15, 0.2) is 36.5 Å². The van der Waals surface area contributed by atoms with Crippen LogP contribution in [0.1, 0.15) is 12.6 Å². The van der Waals surface area contributed by atoms with E-state index in [4.69, 9.17) is 4.74 Å². The SMILES string of the molecule is CNCC(C)C(=O)NCc1ccn(-c2ccc(OC)cc2)n1.Cl. The minimum atomic E-state index is -0.0614. The molecule has 23 heavy (non-hydrogen) atoms. The summed E-state index contributed by atoms with van der Waals surface area (Å²) in [4.78, 5) is 11.9. The summed E-state index contributed by atoms with van der Waals surface area (Å²) in [6, 6.07) is 9.54. The predicted molar refractivity (Wildman–Crippen MR) is 92.3 cm³/mol. The van der Waals surface area contributed by atoms with Gasteiger partial charge < -0.3 is 15.4 Å². The number of carbonyl (C=O) groups excluding carboxylic acids is 1. The van der Waals surface area contributed by atoms with Gasteiger partial charge in [-0.05, 0) is 37.4 Å². The Morgan fingerprint density at radius 3 is 2.61 bits per heavy atom. The van der Waals surface area contributed by atoms with Crippen LogP contribution in [0.2, 0.25) is 0 Å². The first-order chi connectivity index (χ1) is 10.6. The molecule has 0 aliphatic heterocycles. The van der Waals surface area contributed by atoms with E-state index < -0.39 is 0 Å². The first-order valence-electron chi connectivity index (χ1n) is 7.25. The van der Waals surface area contributed by atoms with Crippen LogP contribution in [0.4, 0.5) is 0 Å². The van der Waals surface area contributed by atoms with Crippen LogP contribution in [0.25, 0.3) is 5.69 Å². The fourth-order valence-electron chi connectivity index (χ4n) is 2.09. The maximum absolute atomic E-state index is 11.9. The molecule has 2 N–H and O–H groups in total. The Bertz CT molecular complexity index is 613. The quantitative estimate of drug-likeness (QED) is 0.807. The van der Waals surface area contributed by atoms with Crippen LogP contribution in [-0.4, -0.2) is 36.4 Å². The minimum absolute atomic E-state index is 0. The first-order valence-corrected chi connectivity index (χ1v) is 7.25. The van der Waals surface area contributed by atoms with Crippen molar-refractivity contribution < 1.29 is 9.53 Å². The Hall–Kier alpha value is -2.05. The standard InChI is InChI=1S/C16H22N4O2.ClH/c1-12(10-17-2)16(21)18-11-13-8-9-20(19-13)14-4-6-15(22-3)7-5-14;/h4-9,12,17H,10-11H2,1-3H3,(H,18,21);1H. The van der Waals surface area contributed by atoms with Gasteiger partial charge in [-0.15, -0.1) is 12.4 Å². The Morgan fingerprint density at radius 2 is 2.00 bits per heavy atom. The Morgan fingerprint density at radius 1 is 1.30 bits per heavy atom. The lowest BCUT2D eigenvalue weighted by Gasteiger charge is -2.10. The van der Waals surface area contributed by atoms with Crippen molar-refractivity contribution in [1.29, 1.82) is 0 Å². The number of nitrogens with zero attached hydrogens (tertiary/aromatic N) is 2. The number of carbonyl (C=O) groups is 1. The second-order valence-corrected chi connectivity index (χ2v) is 5.13. The highest BCUT2D eigenvalue weighted by Crippen LogP contribution is 2.14. The van der Waals surface area contributed by atoms with Crippen LogP contribution < -0.4 is 15.4 Å². The van der Waals surface area contributed by atoms with Crippen molar-refractivity contribution in [3.8, 4) is 11.4 Å². The van der Waals surface area contributed by atoms with Crippen LogP contribution in [0, 0.1) is 5.92 Å². The summed E-state index contributed by atoms with van der Waals surface area (Å²) < 4.78 is 6.91. The average molecular weight is 339 g/mol. The van der Waals surface area contributed by atoms with Gasteiger partial charge in [0, 0.05) is 18.7 Å². The van der Waals surface area contributed by atoms with Gasteiger partial charge in [0.1, 0.15) is 5.75 Å². The number of hydrogen-bond donors (Lipinski definition) is 2. The lowest BCUT2D eigenvalue weighted by molar-refractivity contribution is -0.124. The number of amides is 1. The largest absolute Gasteiger partial charge is 0.497 e. The molecule has 1 unspecified atom stereocenters. The van der Waals surface area contributed by atoms with Gasteiger partial charge in [0.05, 0.1) is 25.0 Å². The van der Waals surface area contributed by atoms with Crippen molar-refractivity contribution in [3.63, 3.8) is 0 Å². The van der Waals surface area contributed by atoms with Gasteiger partial charge in [0.2, 0.25) is 5.91 Å². The van der Waals surface area contributed by atoms with Crippen molar-refractivity contribution in [2.24, 2.45) is 5.92 Å². The maximum atomic E-state index is 11.9. The van der Waals surface area contributed by atoms with E-state index in [-0.39, 0.29) is 24.2 Å². The summed E-state index contributed by atoms with van der Waals surface area (Å²) >= 11 is 0. The molecule has 1 aromatic heterocycles. The zero-order valence-corrected chi connectivity index (χ0v) is 14.4. The summed E-state index contributed by atoms with van der Waals surface area (Å²) in [6.07, 6.45) is 1.88. The summed E-state index contributed by atoms with van der Waals surface area (Å²) in [7, 11) is 3.47. The Balaban J connectivity index is 0.00000264. The second kappa shape index (κ2) is 9.17. The van der Waals surface area contributed by atoms with Gasteiger partial charge in [-0.1, -0.05) is 6.92 Å².